The number of benzene rings is 1. The summed E-state index contributed by atoms with van der Waals surface area (Å²) in [6.07, 6.45) is 0. The van der Waals surface area contributed by atoms with Gasteiger partial charge in [0.1, 0.15) is 0 Å². The van der Waals surface area contributed by atoms with Gasteiger partial charge in [-0.2, -0.15) is 0 Å². The normalized spacial score (nSPS) is 15.3. The Morgan fingerprint density at radius 3 is 2.33 bits per heavy atom. The summed E-state index contributed by atoms with van der Waals surface area (Å²) in [4.78, 5) is 2.31. The Bertz CT molecular complexity index is 284. The highest BCUT2D eigenvalue weighted by Gasteiger charge is 2.25. The van der Waals surface area contributed by atoms with Crippen LogP contribution in [0, 0.1) is 0 Å². The first kappa shape index (κ1) is 12.2. The third-order valence-corrected chi connectivity index (χ3v) is 3.08. The lowest BCUT2D eigenvalue weighted by Crippen LogP contribution is -2.42. The van der Waals surface area contributed by atoms with E-state index >= 15 is 0 Å². The number of nitrogens with zero attached hydrogens (tertiary/aromatic N) is 1. The van der Waals surface area contributed by atoms with Crippen molar-refractivity contribution in [3.05, 3.63) is 35.9 Å². The van der Waals surface area contributed by atoms with Crippen molar-refractivity contribution in [2.75, 3.05) is 26.7 Å². The Morgan fingerprint density at radius 1 is 1.27 bits per heavy atom. The van der Waals surface area contributed by atoms with Gasteiger partial charge in [-0.25, -0.2) is 0 Å². The first-order chi connectivity index (χ1) is 7.12. The van der Waals surface area contributed by atoms with Crippen LogP contribution >= 0.6 is 0 Å². The van der Waals surface area contributed by atoms with Crippen molar-refractivity contribution in [3.63, 3.8) is 0 Å². The molecule has 1 atom stereocenters. The summed E-state index contributed by atoms with van der Waals surface area (Å²) in [7, 11) is 2.14. The van der Waals surface area contributed by atoms with Crippen molar-refractivity contribution in [2.24, 2.45) is 5.73 Å². The molecule has 0 amide bonds. The Balaban J connectivity index is 2.85. The van der Waals surface area contributed by atoms with E-state index in [1.165, 1.54) is 5.56 Å². The first-order valence-corrected chi connectivity index (χ1v) is 5.56. The van der Waals surface area contributed by atoms with Crippen molar-refractivity contribution in [2.45, 2.75) is 19.3 Å². The van der Waals surface area contributed by atoms with Crippen molar-refractivity contribution >= 4 is 0 Å². The van der Waals surface area contributed by atoms with E-state index in [0.717, 1.165) is 13.1 Å². The molecule has 0 heterocycles. The predicted octanol–water partition coefficient (Wildman–Crippen LogP) is 1.85. The summed E-state index contributed by atoms with van der Waals surface area (Å²) < 4.78 is 0. The van der Waals surface area contributed by atoms with Crippen LogP contribution < -0.4 is 5.73 Å². The average molecular weight is 206 g/mol. The van der Waals surface area contributed by atoms with Crippen molar-refractivity contribution in [3.8, 4) is 0 Å². The van der Waals surface area contributed by atoms with E-state index in [-0.39, 0.29) is 5.41 Å². The first-order valence-electron chi connectivity index (χ1n) is 5.56. The summed E-state index contributed by atoms with van der Waals surface area (Å²) >= 11 is 0. The molecule has 0 aromatic heterocycles. The number of hydrogen-bond acceptors (Lipinski definition) is 2. The largest absolute Gasteiger partial charge is 0.330 e. The summed E-state index contributed by atoms with van der Waals surface area (Å²) in [5.74, 6) is 0. The Kier molecular flexibility index (Phi) is 4.30. The van der Waals surface area contributed by atoms with Crippen LogP contribution in [0.15, 0.2) is 30.3 Å². The van der Waals surface area contributed by atoms with Gasteiger partial charge in [0.2, 0.25) is 0 Å². The molecule has 0 bridgehead atoms. The van der Waals surface area contributed by atoms with E-state index in [2.05, 4.69) is 50.1 Å². The second-order valence-electron chi connectivity index (χ2n) is 4.46. The van der Waals surface area contributed by atoms with Gasteiger partial charge in [-0.05, 0) is 19.2 Å². The van der Waals surface area contributed by atoms with Crippen LogP contribution in [0.5, 0.6) is 0 Å². The fourth-order valence-corrected chi connectivity index (χ4v) is 1.82. The smallest absolute Gasteiger partial charge is 0.0174 e. The number of likely N-dealkylation sites (N-methyl/N-ethyl adjacent to an activating group) is 1. The molecule has 0 aliphatic heterocycles. The SMILES string of the molecule is CCN(C)CC(C)(CN)c1ccccc1. The second kappa shape index (κ2) is 5.29. The third-order valence-electron chi connectivity index (χ3n) is 3.08. The van der Waals surface area contributed by atoms with Gasteiger partial charge >= 0.3 is 0 Å². The number of hydrogen-bond donors (Lipinski definition) is 1. The molecule has 0 aliphatic carbocycles. The molecule has 1 aromatic carbocycles. The summed E-state index contributed by atoms with van der Waals surface area (Å²) in [6.45, 7) is 7.14. The molecule has 0 fully saturated rings. The zero-order valence-corrected chi connectivity index (χ0v) is 10.0. The molecular weight excluding hydrogens is 184 g/mol. The minimum atomic E-state index is 0.0615. The molecule has 0 spiro atoms. The van der Waals surface area contributed by atoms with E-state index in [1.54, 1.807) is 0 Å². The van der Waals surface area contributed by atoms with Crippen molar-refractivity contribution in [1.82, 2.24) is 4.90 Å². The molecule has 0 aliphatic rings. The van der Waals surface area contributed by atoms with Crippen LogP contribution in [0.3, 0.4) is 0 Å². The van der Waals surface area contributed by atoms with Gasteiger partial charge in [-0.1, -0.05) is 44.2 Å². The lowest BCUT2D eigenvalue weighted by atomic mass is 9.82. The third kappa shape index (κ3) is 3.05. The molecule has 1 rings (SSSR count). The minimum Gasteiger partial charge on any atom is -0.330 e. The molecule has 84 valence electrons. The maximum Gasteiger partial charge on any atom is 0.0174 e. The molecule has 0 saturated heterocycles. The minimum absolute atomic E-state index is 0.0615. The summed E-state index contributed by atoms with van der Waals surface area (Å²) in [5, 5.41) is 0. The van der Waals surface area contributed by atoms with E-state index in [4.69, 9.17) is 5.73 Å². The molecule has 2 nitrogen and oxygen atoms in total. The lowest BCUT2D eigenvalue weighted by molar-refractivity contribution is 0.270. The zero-order chi connectivity index (χ0) is 11.3. The standard InChI is InChI=1S/C13H22N2/c1-4-15(3)11-13(2,10-14)12-8-6-5-7-9-12/h5-9H,4,10-11,14H2,1-3H3. The number of nitrogens with two attached hydrogens (primary N) is 1. The van der Waals surface area contributed by atoms with Crippen LogP contribution in [0.2, 0.25) is 0 Å². The zero-order valence-electron chi connectivity index (χ0n) is 10.0. The molecule has 0 radical (unpaired) electrons. The van der Waals surface area contributed by atoms with Crippen LogP contribution in [0.4, 0.5) is 0 Å². The van der Waals surface area contributed by atoms with Gasteiger partial charge in [0, 0.05) is 18.5 Å². The monoisotopic (exact) mass is 206 g/mol. The molecular formula is C13H22N2. The summed E-state index contributed by atoms with van der Waals surface area (Å²) in [6, 6.07) is 10.5. The van der Waals surface area contributed by atoms with Gasteiger partial charge in [-0.15, -0.1) is 0 Å². The van der Waals surface area contributed by atoms with Crippen LogP contribution in [0.25, 0.3) is 0 Å². The quantitative estimate of drug-likeness (QED) is 0.796. The van der Waals surface area contributed by atoms with Crippen LogP contribution in [-0.4, -0.2) is 31.6 Å². The number of rotatable bonds is 5. The van der Waals surface area contributed by atoms with Gasteiger partial charge in [-0.3, -0.25) is 0 Å². The lowest BCUT2D eigenvalue weighted by Gasteiger charge is -2.32. The van der Waals surface area contributed by atoms with Gasteiger partial charge in [0.15, 0.2) is 0 Å². The van der Waals surface area contributed by atoms with E-state index < -0.39 is 0 Å². The van der Waals surface area contributed by atoms with E-state index in [1.807, 2.05) is 6.07 Å². The fraction of sp³-hybridized carbons (Fsp3) is 0.538. The molecule has 0 saturated carbocycles. The predicted molar refractivity (Wildman–Crippen MR) is 66.0 cm³/mol. The molecule has 15 heavy (non-hydrogen) atoms. The van der Waals surface area contributed by atoms with E-state index in [9.17, 15) is 0 Å². The average Bonchev–Trinajstić information content (AvgIpc) is 2.30. The molecule has 1 aromatic rings. The van der Waals surface area contributed by atoms with Crippen LogP contribution in [-0.2, 0) is 5.41 Å². The maximum absolute atomic E-state index is 5.92. The highest BCUT2D eigenvalue weighted by Crippen LogP contribution is 2.23. The van der Waals surface area contributed by atoms with E-state index in [0.29, 0.717) is 6.54 Å². The Hall–Kier alpha value is -0.860. The fourth-order valence-electron chi connectivity index (χ4n) is 1.82. The molecule has 2 N–H and O–H groups in total. The van der Waals surface area contributed by atoms with Gasteiger partial charge in [0.05, 0.1) is 0 Å². The van der Waals surface area contributed by atoms with Crippen molar-refractivity contribution < 1.29 is 0 Å². The summed E-state index contributed by atoms with van der Waals surface area (Å²) in [5.41, 5.74) is 7.30. The van der Waals surface area contributed by atoms with Gasteiger partial charge in [0.25, 0.3) is 0 Å². The highest BCUT2D eigenvalue weighted by atomic mass is 15.1. The van der Waals surface area contributed by atoms with Crippen LogP contribution in [0.1, 0.15) is 19.4 Å². The van der Waals surface area contributed by atoms with Gasteiger partial charge < -0.3 is 10.6 Å². The highest BCUT2D eigenvalue weighted by molar-refractivity contribution is 5.25. The molecule has 2 heteroatoms. The van der Waals surface area contributed by atoms with Crippen molar-refractivity contribution in [1.29, 1.82) is 0 Å². The second-order valence-corrected chi connectivity index (χ2v) is 4.46. The Morgan fingerprint density at radius 2 is 1.87 bits per heavy atom. The maximum atomic E-state index is 5.92. The molecule has 1 unspecified atom stereocenters. The Labute approximate surface area is 93.1 Å². The topological polar surface area (TPSA) is 29.3 Å².